The molecule has 1 aliphatic rings. The minimum atomic E-state index is -3.06. The van der Waals surface area contributed by atoms with Gasteiger partial charge < -0.3 is 24.2 Å². The maximum Gasteiger partial charge on any atom is 0.296 e. The fourth-order valence-corrected chi connectivity index (χ4v) is 2.97. The van der Waals surface area contributed by atoms with E-state index in [0.29, 0.717) is 12.1 Å². The number of aromatic nitrogens is 2. The molecule has 1 atom stereocenters. The first-order valence-electron chi connectivity index (χ1n) is 7.69. The SMILES string of the molecule is COc1cc2ncnc(O)c2c(O[C@@H]2CCN(C)CC2(F)F)c1OC. The predicted octanol–water partition coefficient (Wildman–Crippen LogP) is 2.07. The van der Waals surface area contributed by atoms with Crippen molar-refractivity contribution in [3.05, 3.63) is 12.4 Å². The summed E-state index contributed by atoms with van der Waals surface area (Å²) in [7, 11) is 4.41. The normalized spacial score (nSPS) is 20.4. The number of benzene rings is 1. The highest BCUT2D eigenvalue weighted by Crippen LogP contribution is 2.47. The Morgan fingerprint density at radius 2 is 2.00 bits per heavy atom. The summed E-state index contributed by atoms with van der Waals surface area (Å²) in [5.41, 5.74) is 0.302. The van der Waals surface area contributed by atoms with Gasteiger partial charge in [0.1, 0.15) is 11.7 Å². The Morgan fingerprint density at radius 1 is 1.24 bits per heavy atom. The molecule has 0 radical (unpaired) electrons. The average molecular weight is 355 g/mol. The van der Waals surface area contributed by atoms with Gasteiger partial charge in [-0.25, -0.2) is 18.7 Å². The maximum atomic E-state index is 14.4. The van der Waals surface area contributed by atoms with Gasteiger partial charge in [0.15, 0.2) is 17.6 Å². The average Bonchev–Trinajstić information content (AvgIpc) is 2.56. The lowest BCUT2D eigenvalue weighted by atomic mass is 10.0. The van der Waals surface area contributed by atoms with Gasteiger partial charge in [0.2, 0.25) is 11.6 Å². The largest absolute Gasteiger partial charge is 0.493 e. The van der Waals surface area contributed by atoms with Crippen LogP contribution in [-0.2, 0) is 0 Å². The molecule has 1 fully saturated rings. The topological polar surface area (TPSA) is 76.9 Å². The first-order chi connectivity index (χ1) is 11.9. The smallest absolute Gasteiger partial charge is 0.296 e. The summed E-state index contributed by atoms with van der Waals surface area (Å²) in [5.74, 6) is -3.12. The number of fused-ring (bicyclic) bond motifs is 1. The molecule has 1 N–H and O–H groups in total. The number of halogens is 2. The third-order valence-corrected chi connectivity index (χ3v) is 4.19. The van der Waals surface area contributed by atoms with Crippen LogP contribution in [0, 0.1) is 0 Å². The summed E-state index contributed by atoms with van der Waals surface area (Å²) in [6.07, 6.45) is -0.0790. The third kappa shape index (κ3) is 3.11. The van der Waals surface area contributed by atoms with Crippen LogP contribution in [0.1, 0.15) is 6.42 Å². The molecule has 136 valence electrons. The Balaban J connectivity index is 2.13. The summed E-state index contributed by atoms with van der Waals surface area (Å²) < 4.78 is 45.0. The lowest BCUT2D eigenvalue weighted by molar-refractivity contribution is -0.135. The number of hydrogen-bond donors (Lipinski definition) is 1. The molecule has 0 unspecified atom stereocenters. The van der Waals surface area contributed by atoms with E-state index in [2.05, 4.69) is 9.97 Å². The molecule has 7 nitrogen and oxygen atoms in total. The van der Waals surface area contributed by atoms with Crippen molar-refractivity contribution >= 4 is 10.9 Å². The van der Waals surface area contributed by atoms with E-state index in [4.69, 9.17) is 14.2 Å². The van der Waals surface area contributed by atoms with Crippen LogP contribution in [0.5, 0.6) is 23.1 Å². The van der Waals surface area contributed by atoms with Crippen LogP contribution in [0.3, 0.4) is 0 Å². The number of alkyl halides is 2. The van der Waals surface area contributed by atoms with Crippen molar-refractivity contribution in [3.63, 3.8) is 0 Å². The maximum absolute atomic E-state index is 14.4. The Morgan fingerprint density at radius 3 is 2.64 bits per heavy atom. The van der Waals surface area contributed by atoms with Crippen LogP contribution in [0.4, 0.5) is 8.78 Å². The molecule has 0 spiro atoms. The second-order valence-corrected chi connectivity index (χ2v) is 5.93. The summed E-state index contributed by atoms with van der Waals surface area (Å²) in [5, 5.41) is 10.2. The van der Waals surface area contributed by atoms with E-state index < -0.39 is 18.6 Å². The van der Waals surface area contributed by atoms with Crippen LogP contribution in [0.15, 0.2) is 12.4 Å². The standard InChI is InChI=1S/C16H19F2N3O4/c1-21-5-4-11(16(17,18)7-21)25-14-12-9(19-8-20-15(12)22)6-10(23-2)13(14)24-3/h6,8,11H,4-5,7H2,1-3H3,(H,19,20,22)/t11-/m1/s1. The number of rotatable bonds is 4. The second kappa shape index (κ2) is 6.47. The molecule has 1 aromatic heterocycles. The lowest BCUT2D eigenvalue weighted by Crippen LogP contribution is -2.52. The molecule has 2 aromatic rings. The molecular weight excluding hydrogens is 336 g/mol. The summed E-state index contributed by atoms with van der Waals surface area (Å²) in [6, 6.07) is 1.52. The van der Waals surface area contributed by atoms with Gasteiger partial charge in [-0.3, -0.25) is 0 Å². The molecule has 2 heterocycles. The molecule has 1 aliphatic heterocycles. The van der Waals surface area contributed by atoms with Crippen molar-refractivity contribution in [1.29, 1.82) is 0 Å². The zero-order valence-corrected chi connectivity index (χ0v) is 14.1. The van der Waals surface area contributed by atoms with Gasteiger partial charge in [-0.2, -0.15) is 0 Å². The van der Waals surface area contributed by atoms with E-state index in [0.717, 1.165) is 6.33 Å². The number of likely N-dealkylation sites (tertiary alicyclic amines) is 1. The van der Waals surface area contributed by atoms with Gasteiger partial charge in [0.05, 0.1) is 26.3 Å². The molecular formula is C16H19F2N3O4. The fraction of sp³-hybridized carbons (Fsp3) is 0.500. The molecule has 0 amide bonds. The fourth-order valence-electron chi connectivity index (χ4n) is 2.97. The second-order valence-electron chi connectivity index (χ2n) is 5.93. The molecule has 0 aliphatic carbocycles. The van der Waals surface area contributed by atoms with Crippen LogP contribution in [0.2, 0.25) is 0 Å². The van der Waals surface area contributed by atoms with E-state index in [1.54, 1.807) is 11.9 Å². The zero-order chi connectivity index (χ0) is 18.2. The minimum absolute atomic E-state index is 0.0517. The molecule has 25 heavy (non-hydrogen) atoms. The van der Waals surface area contributed by atoms with Crippen molar-refractivity contribution < 1.29 is 28.1 Å². The van der Waals surface area contributed by atoms with E-state index in [-0.39, 0.29) is 34.9 Å². The van der Waals surface area contributed by atoms with Gasteiger partial charge in [0, 0.05) is 19.0 Å². The zero-order valence-electron chi connectivity index (χ0n) is 14.1. The van der Waals surface area contributed by atoms with Crippen LogP contribution in [-0.4, -0.2) is 66.4 Å². The Bertz CT molecular complexity index is 788. The van der Waals surface area contributed by atoms with Gasteiger partial charge >= 0.3 is 0 Å². The summed E-state index contributed by atoms with van der Waals surface area (Å²) in [4.78, 5) is 9.30. The minimum Gasteiger partial charge on any atom is -0.493 e. The van der Waals surface area contributed by atoms with E-state index in [1.165, 1.54) is 20.3 Å². The van der Waals surface area contributed by atoms with Gasteiger partial charge in [-0.15, -0.1) is 0 Å². The van der Waals surface area contributed by atoms with Crippen LogP contribution >= 0.6 is 0 Å². The van der Waals surface area contributed by atoms with Crippen LogP contribution in [0.25, 0.3) is 10.9 Å². The van der Waals surface area contributed by atoms with Crippen molar-refractivity contribution in [2.24, 2.45) is 0 Å². The number of piperidine rings is 1. The first kappa shape index (κ1) is 17.4. The van der Waals surface area contributed by atoms with Gasteiger partial charge in [-0.05, 0) is 7.05 Å². The van der Waals surface area contributed by atoms with Crippen LogP contribution < -0.4 is 14.2 Å². The van der Waals surface area contributed by atoms with Crippen molar-refractivity contribution in [2.75, 3.05) is 34.4 Å². The predicted molar refractivity (Wildman–Crippen MR) is 85.8 cm³/mol. The summed E-state index contributed by atoms with van der Waals surface area (Å²) in [6.45, 7) is 0.0529. The van der Waals surface area contributed by atoms with Crippen molar-refractivity contribution in [2.45, 2.75) is 18.4 Å². The molecule has 1 saturated heterocycles. The molecule has 9 heteroatoms. The Labute approximate surface area is 143 Å². The van der Waals surface area contributed by atoms with E-state index in [9.17, 15) is 13.9 Å². The van der Waals surface area contributed by atoms with Gasteiger partial charge in [0.25, 0.3) is 5.92 Å². The van der Waals surface area contributed by atoms with Crippen molar-refractivity contribution in [1.82, 2.24) is 14.9 Å². The molecule has 3 rings (SSSR count). The highest BCUT2D eigenvalue weighted by Gasteiger charge is 2.46. The molecule has 1 aromatic carbocycles. The number of aromatic hydroxyl groups is 1. The highest BCUT2D eigenvalue weighted by atomic mass is 19.3. The monoisotopic (exact) mass is 355 g/mol. The Kier molecular flexibility index (Phi) is 4.51. The third-order valence-electron chi connectivity index (χ3n) is 4.19. The summed E-state index contributed by atoms with van der Waals surface area (Å²) >= 11 is 0. The highest BCUT2D eigenvalue weighted by molar-refractivity contribution is 5.93. The Hall–Kier alpha value is -2.42. The number of hydrogen-bond acceptors (Lipinski definition) is 7. The lowest BCUT2D eigenvalue weighted by Gasteiger charge is -2.36. The number of nitrogens with zero attached hydrogens (tertiary/aromatic N) is 3. The number of ether oxygens (including phenoxy) is 3. The van der Waals surface area contributed by atoms with E-state index >= 15 is 0 Å². The van der Waals surface area contributed by atoms with Gasteiger partial charge in [-0.1, -0.05) is 0 Å². The number of methoxy groups -OCH3 is 2. The van der Waals surface area contributed by atoms with Crippen molar-refractivity contribution in [3.8, 4) is 23.1 Å². The quantitative estimate of drug-likeness (QED) is 0.900. The first-order valence-corrected chi connectivity index (χ1v) is 7.69. The van der Waals surface area contributed by atoms with E-state index in [1.807, 2.05) is 0 Å². The molecule has 0 saturated carbocycles. The molecule has 0 bridgehead atoms.